The second-order valence-corrected chi connectivity index (χ2v) is 6.09. The average molecular weight is 347 g/mol. The number of aliphatic carboxylic acids is 1. The van der Waals surface area contributed by atoms with Crippen LogP contribution in [0.15, 0.2) is 30.3 Å². The number of carboxylic acids is 1. The van der Waals surface area contributed by atoms with Crippen LogP contribution in [0.3, 0.4) is 0 Å². The molecule has 136 valence electrons. The molecule has 0 bridgehead atoms. The Morgan fingerprint density at radius 1 is 1.40 bits per heavy atom. The molecule has 1 N–H and O–H groups in total. The predicted molar refractivity (Wildman–Crippen MR) is 94.5 cm³/mol. The molecule has 0 saturated carbocycles. The van der Waals surface area contributed by atoms with Crippen molar-refractivity contribution in [3.8, 4) is 5.75 Å². The topological polar surface area (TPSA) is 76.1 Å². The number of carbonyl (C=O) groups excluding carboxylic acids is 1. The largest absolute Gasteiger partial charge is 0.496 e. The number of carboxylic acid groups (broad SMARTS) is 1. The number of allylic oxidation sites excluding steroid dienone is 1. The highest BCUT2D eigenvalue weighted by Crippen LogP contribution is 2.25. The van der Waals surface area contributed by atoms with Gasteiger partial charge in [0.25, 0.3) is 0 Å². The highest BCUT2D eigenvalue weighted by molar-refractivity contribution is 5.95. The molecule has 1 aliphatic heterocycles. The molecule has 0 aliphatic carbocycles. The molecule has 6 heteroatoms. The van der Waals surface area contributed by atoms with Crippen LogP contribution in [-0.4, -0.2) is 54.8 Å². The number of carbonyl (C=O) groups is 2. The molecule has 1 fully saturated rings. The number of rotatable bonds is 8. The Kier molecular flexibility index (Phi) is 7.01. The third kappa shape index (κ3) is 5.60. The Balaban J connectivity index is 2.14. The first kappa shape index (κ1) is 19.0. The molecule has 6 nitrogen and oxygen atoms in total. The maximum Gasteiger partial charge on any atom is 0.305 e. The van der Waals surface area contributed by atoms with Gasteiger partial charge in [-0.25, -0.2) is 0 Å². The van der Waals surface area contributed by atoms with Crippen LogP contribution in [-0.2, 0) is 14.3 Å². The summed E-state index contributed by atoms with van der Waals surface area (Å²) < 4.78 is 10.9. The molecule has 0 radical (unpaired) electrons. The molecular weight excluding hydrogens is 322 g/mol. The van der Waals surface area contributed by atoms with Gasteiger partial charge in [0.1, 0.15) is 5.75 Å². The van der Waals surface area contributed by atoms with E-state index in [1.807, 2.05) is 31.2 Å². The summed E-state index contributed by atoms with van der Waals surface area (Å²) in [6.07, 6.45) is 3.31. The summed E-state index contributed by atoms with van der Waals surface area (Å²) >= 11 is 0. The van der Waals surface area contributed by atoms with Crippen LogP contribution in [0.2, 0.25) is 0 Å². The summed E-state index contributed by atoms with van der Waals surface area (Å²) in [7, 11) is 1.59. The highest BCUT2D eigenvalue weighted by atomic mass is 16.5. The molecule has 1 aliphatic rings. The average Bonchev–Trinajstić information content (AvgIpc) is 3.11. The van der Waals surface area contributed by atoms with Crippen molar-refractivity contribution in [3.05, 3.63) is 35.9 Å². The van der Waals surface area contributed by atoms with Crippen LogP contribution < -0.4 is 4.74 Å². The fourth-order valence-corrected chi connectivity index (χ4v) is 2.88. The van der Waals surface area contributed by atoms with Crippen molar-refractivity contribution in [2.45, 2.75) is 32.3 Å². The zero-order valence-electron chi connectivity index (χ0n) is 14.7. The fourth-order valence-electron chi connectivity index (χ4n) is 2.88. The summed E-state index contributed by atoms with van der Waals surface area (Å²) in [4.78, 5) is 25.1. The summed E-state index contributed by atoms with van der Waals surface area (Å²) in [6.45, 7) is 3.13. The molecule has 1 aromatic rings. The molecule has 1 amide bonds. The van der Waals surface area contributed by atoms with Crippen LogP contribution >= 0.6 is 0 Å². The molecule has 2 rings (SSSR count). The lowest BCUT2D eigenvalue weighted by Gasteiger charge is -2.24. The summed E-state index contributed by atoms with van der Waals surface area (Å²) in [5, 5.41) is 8.93. The molecule has 25 heavy (non-hydrogen) atoms. The van der Waals surface area contributed by atoms with Crippen molar-refractivity contribution in [3.63, 3.8) is 0 Å². The number of amides is 1. The van der Waals surface area contributed by atoms with E-state index in [1.165, 1.54) is 6.08 Å². The van der Waals surface area contributed by atoms with Crippen LogP contribution in [0.4, 0.5) is 0 Å². The minimum atomic E-state index is -0.921. The number of benzene rings is 1. The fraction of sp³-hybridized carbons (Fsp3) is 0.474. The van der Waals surface area contributed by atoms with Gasteiger partial charge in [-0.1, -0.05) is 18.2 Å². The first-order valence-electron chi connectivity index (χ1n) is 8.45. The maximum atomic E-state index is 12.7. The summed E-state index contributed by atoms with van der Waals surface area (Å²) in [5.41, 5.74) is 1.61. The lowest BCUT2D eigenvalue weighted by molar-refractivity contribution is -0.138. The molecule has 1 atom stereocenters. The van der Waals surface area contributed by atoms with Gasteiger partial charge in [0.2, 0.25) is 5.91 Å². The lowest BCUT2D eigenvalue weighted by Crippen LogP contribution is -2.38. The number of nitrogens with zero attached hydrogens (tertiary/aromatic N) is 1. The Bertz CT molecular complexity index is 634. The number of hydrogen-bond acceptors (Lipinski definition) is 4. The zero-order chi connectivity index (χ0) is 18.2. The number of ether oxygens (including phenoxy) is 2. The van der Waals surface area contributed by atoms with Gasteiger partial charge >= 0.3 is 5.97 Å². The molecule has 0 aromatic heterocycles. The molecule has 1 heterocycles. The van der Waals surface area contributed by atoms with Gasteiger partial charge < -0.3 is 19.5 Å². The molecule has 1 unspecified atom stereocenters. The van der Waals surface area contributed by atoms with E-state index in [-0.39, 0.29) is 25.0 Å². The molecule has 1 aromatic carbocycles. The normalized spacial score (nSPS) is 17.4. The Hall–Kier alpha value is -2.34. The van der Waals surface area contributed by atoms with Gasteiger partial charge in [-0.2, -0.15) is 0 Å². The van der Waals surface area contributed by atoms with Crippen molar-refractivity contribution < 1.29 is 24.2 Å². The summed E-state index contributed by atoms with van der Waals surface area (Å²) in [6, 6.07) is 7.48. The van der Waals surface area contributed by atoms with E-state index in [1.54, 1.807) is 12.0 Å². The van der Waals surface area contributed by atoms with E-state index >= 15 is 0 Å². The number of methoxy groups -OCH3 is 1. The van der Waals surface area contributed by atoms with Crippen molar-refractivity contribution in [1.29, 1.82) is 0 Å². The zero-order valence-corrected chi connectivity index (χ0v) is 14.7. The minimum Gasteiger partial charge on any atom is -0.496 e. The van der Waals surface area contributed by atoms with E-state index in [0.717, 1.165) is 24.0 Å². The third-order valence-electron chi connectivity index (χ3n) is 4.23. The van der Waals surface area contributed by atoms with Crippen molar-refractivity contribution in [1.82, 2.24) is 4.90 Å². The number of hydrogen-bond donors (Lipinski definition) is 1. The van der Waals surface area contributed by atoms with E-state index < -0.39 is 5.97 Å². The van der Waals surface area contributed by atoms with Gasteiger partial charge in [-0.05, 0) is 31.4 Å². The Morgan fingerprint density at radius 2 is 2.16 bits per heavy atom. The first-order valence-corrected chi connectivity index (χ1v) is 8.45. The van der Waals surface area contributed by atoms with Crippen molar-refractivity contribution >= 4 is 17.4 Å². The minimum absolute atomic E-state index is 0.0160. The second kappa shape index (κ2) is 9.22. The highest BCUT2D eigenvalue weighted by Gasteiger charge is 2.22. The monoisotopic (exact) mass is 347 g/mol. The summed E-state index contributed by atoms with van der Waals surface area (Å²) in [5.74, 6) is -0.434. The van der Waals surface area contributed by atoms with E-state index in [2.05, 4.69) is 0 Å². The van der Waals surface area contributed by atoms with Crippen molar-refractivity contribution in [2.75, 3.05) is 26.8 Å². The maximum absolute atomic E-state index is 12.7. The lowest BCUT2D eigenvalue weighted by atomic mass is 10.1. The predicted octanol–water partition coefficient (Wildman–Crippen LogP) is 2.58. The molecular formula is C19H25NO5. The van der Waals surface area contributed by atoms with Crippen LogP contribution in [0.25, 0.3) is 5.57 Å². The van der Waals surface area contributed by atoms with Gasteiger partial charge in [-0.3, -0.25) is 9.59 Å². The van der Waals surface area contributed by atoms with Crippen LogP contribution in [0, 0.1) is 0 Å². The van der Waals surface area contributed by atoms with Crippen molar-refractivity contribution in [2.24, 2.45) is 0 Å². The van der Waals surface area contributed by atoms with E-state index in [9.17, 15) is 9.59 Å². The Labute approximate surface area is 148 Å². The number of para-hydroxylation sites is 1. The van der Waals surface area contributed by atoms with E-state index in [4.69, 9.17) is 14.6 Å². The van der Waals surface area contributed by atoms with Crippen LogP contribution in [0.5, 0.6) is 5.75 Å². The SMILES string of the molecule is COc1ccccc1C(C)=CC(=O)N(CCC(=O)O)CC1CCCO1. The van der Waals surface area contributed by atoms with Gasteiger partial charge in [0, 0.05) is 31.3 Å². The van der Waals surface area contributed by atoms with Crippen LogP contribution in [0.1, 0.15) is 31.7 Å². The third-order valence-corrected chi connectivity index (χ3v) is 4.23. The second-order valence-electron chi connectivity index (χ2n) is 6.09. The first-order chi connectivity index (χ1) is 12.0. The Morgan fingerprint density at radius 3 is 2.80 bits per heavy atom. The molecule has 1 saturated heterocycles. The molecule has 0 spiro atoms. The van der Waals surface area contributed by atoms with Gasteiger partial charge in [0.15, 0.2) is 0 Å². The smallest absolute Gasteiger partial charge is 0.305 e. The standard InChI is InChI=1S/C19H25NO5/c1-14(16-7-3-4-8-17(16)24-2)12-18(21)20(10-9-19(22)23)13-15-6-5-11-25-15/h3-4,7-8,12,15H,5-6,9-11,13H2,1-2H3,(H,22,23). The van der Waals surface area contributed by atoms with E-state index in [0.29, 0.717) is 18.9 Å². The quantitative estimate of drug-likeness (QED) is 0.732. The van der Waals surface area contributed by atoms with Gasteiger partial charge in [0.05, 0.1) is 19.6 Å². The van der Waals surface area contributed by atoms with Gasteiger partial charge in [-0.15, -0.1) is 0 Å².